The van der Waals surface area contributed by atoms with Gasteiger partial charge in [0, 0.05) is 19.1 Å². The maximum Gasteiger partial charge on any atom is 0.410 e. The van der Waals surface area contributed by atoms with E-state index in [2.05, 4.69) is 15.1 Å². The van der Waals surface area contributed by atoms with E-state index in [1.807, 2.05) is 31.7 Å². The molecule has 1 aliphatic carbocycles. The highest BCUT2D eigenvalue weighted by Crippen LogP contribution is 2.32. The van der Waals surface area contributed by atoms with Crippen molar-refractivity contribution in [1.29, 1.82) is 0 Å². The Balaban J connectivity index is 1.70. The van der Waals surface area contributed by atoms with Crippen LogP contribution in [0.1, 0.15) is 46.5 Å². The van der Waals surface area contributed by atoms with Gasteiger partial charge in [0.2, 0.25) is 0 Å². The second-order valence-electron chi connectivity index (χ2n) is 7.58. The van der Waals surface area contributed by atoms with E-state index >= 15 is 0 Å². The molecular weight excluding hydrogens is 328 g/mol. The molecule has 3 rings (SSSR count). The number of aromatic nitrogens is 2. The number of hydrogen-bond acceptors (Lipinski definition) is 5. The van der Waals surface area contributed by atoms with Gasteiger partial charge in [-0.05, 0) is 58.6 Å². The summed E-state index contributed by atoms with van der Waals surface area (Å²) in [5.41, 5.74) is -0.473. The zero-order chi connectivity index (χ0) is 17.3. The highest BCUT2D eigenvalue weighted by atomic mass is 35.5. The largest absolute Gasteiger partial charge is 0.444 e. The van der Waals surface area contributed by atoms with Crippen molar-refractivity contribution in [2.75, 3.05) is 18.0 Å². The van der Waals surface area contributed by atoms with Gasteiger partial charge >= 0.3 is 6.09 Å². The predicted molar refractivity (Wildman–Crippen MR) is 93.4 cm³/mol. The van der Waals surface area contributed by atoms with E-state index in [0.717, 1.165) is 38.2 Å². The van der Waals surface area contributed by atoms with Crippen molar-refractivity contribution in [3.05, 3.63) is 17.3 Å². The summed E-state index contributed by atoms with van der Waals surface area (Å²) in [6, 6.07) is 4.08. The number of anilines is 1. The Labute approximate surface area is 148 Å². The number of carbonyl (C=O) groups excluding carboxylic acids is 1. The third-order valence-electron chi connectivity index (χ3n) is 4.57. The number of nitrogens with zero attached hydrogens (tertiary/aromatic N) is 4. The highest BCUT2D eigenvalue weighted by Gasteiger charge is 2.40. The maximum atomic E-state index is 12.7. The van der Waals surface area contributed by atoms with Crippen molar-refractivity contribution in [1.82, 2.24) is 15.1 Å². The molecule has 0 N–H and O–H groups in total. The molecule has 1 saturated carbocycles. The van der Waals surface area contributed by atoms with Crippen molar-refractivity contribution in [3.8, 4) is 0 Å². The lowest BCUT2D eigenvalue weighted by atomic mass is 9.90. The molecule has 2 aliphatic rings. The average Bonchev–Trinajstić information content (AvgIpc) is 2.90. The zero-order valence-corrected chi connectivity index (χ0v) is 15.3. The van der Waals surface area contributed by atoms with Gasteiger partial charge in [-0.2, -0.15) is 0 Å². The summed E-state index contributed by atoms with van der Waals surface area (Å²) in [5.74, 6) is 0.805. The molecule has 7 heteroatoms. The first-order chi connectivity index (χ1) is 11.3. The summed E-state index contributed by atoms with van der Waals surface area (Å²) < 4.78 is 5.65. The Kier molecular flexibility index (Phi) is 4.85. The lowest BCUT2D eigenvalue weighted by Gasteiger charge is -2.41. The first kappa shape index (κ1) is 17.3. The molecule has 2 heterocycles. The van der Waals surface area contributed by atoms with E-state index in [9.17, 15) is 4.79 Å². The standard InChI is InChI=1S/C17H25ClN4O2/c1-17(2,3)24-16(23)22(12-5-4-6-12)13-9-10-21(11-13)15-8-7-14(18)19-20-15/h7-8,12-13H,4-6,9-11H2,1-3H3/t13-/m0/s1. The minimum absolute atomic E-state index is 0.155. The van der Waals surface area contributed by atoms with Gasteiger partial charge in [0.25, 0.3) is 0 Å². The molecule has 0 radical (unpaired) electrons. The summed E-state index contributed by atoms with van der Waals surface area (Å²) >= 11 is 5.81. The van der Waals surface area contributed by atoms with Crippen LogP contribution in [0.25, 0.3) is 0 Å². The summed E-state index contributed by atoms with van der Waals surface area (Å²) in [4.78, 5) is 16.8. The van der Waals surface area contributed by atoms with Gasteiger partial charge in [0.1, 0.15) is 5.60 Å². The number of ether oxygens (including phenoxy) is 1. The molecule has 24 heavy (non-hydrogen) atoms. The third-order valence-corrected chi connectivity index (χ3v) is 4.77. The summed E-state index contributed by atoms with van der Waals surface area (Å²) in [5, 5.41) is 8.44. The fourth-order valence-corrected chi connectivity index (χ4v) is 3.33. The minimum Gasteiger partial charge on any atom is -0.444 e. The van der Waals surface area contributed by atoms with Gasteiger partial charge in [-0.3, -0.25) is 0 Å². The number of rotatable bonds is 3. The van der Waals surface area contributed by atoms with E-state index in [1.165, 1.54) is 6.42 Å². The molecule has 0 bridgehead atoms. The van der Waals surface area contributed by atoms with E-state index in [-0.39, 0.29) is 12.1 Å². The fourth-order valence-electron chi connectivity index (χ4n) is 3.23. The molecule has 1 saturated heterocycles. The third kappa shape index (κ3) is 3.91. The quantitative estimate of drug-likeness (QED) is 0.833. The SMILES string of the molecule is CC(C)(C)OC(=O)N(C1CCC1)[C@H]1CCN(c2ccc(Cl)nn2)C1. The first-order valence-electron chi connectivity index (χ1n) is 8.59. The average molecular weight is 353 g/mol. The molecule has 0 unspecified atom stereocenters. The summed E-state index contributed by atoms with van der Waals surface area (Å²) in [7, 11) is 0. The van der Waals surface area contributed by atoms with Gasteiger partial charge < -0.3 is 14.5 Å². The van der Waals surface area contributed by atoms with Crippen LogP contribution in [0.3, 0.4) is 0 Å². The highest BCUT2D eigenvalue weighted by molar-refractivity contribution is 6.29. The van der Waals surface area contributed by atoms with Gasteiger partial charge in [-0.1, -0.05) is 11.6 Å². The monoisotopic (exact) mass is 352 g/mol. The van der Waals surface area contributed by atoms with E-state index in [4.69, 9.17) is 16.3 Å². The molecule has 2 fully saturated rings. The molecule has 1 aromatic rings. The molecule has 1 atom stereocenters. The first-order valence-corrected chi connectivity index (χ1v) is 8.97. The van der Waals surface area contributed by atoms with Crippen molar-refractivity contribution < 1.29 is 9.53 Å². The number of halogens is 1. The van der Waals surface area contributed by atoms with E-state index in [1.54, 1.807) is 6.07 Å². The molecule has 6 nitrogen and oxygen atoms in total. The zero-order valence-electron chi connectivity index (χ0n) is 14.5. The van der Waals surface area contributed by atoms with Crippen LogP contribution in [0.2, 0.25) is 5.15 Å². The summed E-state index contributed by atoms with van der Waals surface area (Å²) in [6.07, 6.45) is 4.04. The van der Waals surface area contributed by atoms with E-state index < -0.39 is 5.60 Å². The maximum absolute atomic E-state index is 12.7. The second-order valence-corrected chi connectivity index (χ2v) is 7.96. The van der Waals surface area contributed by atoms with Crippen molar-refractivity contribution in [2.24, 2.45) is 0 Å². The topological polar surface area (TPSA) is 58.6 Å². The van der Waals surface area contributed by atoms with Crippen LogP contribution in [0.4, 0.5) is 10.6 Å². The molecule has 1 aliphatic heterocycles. The Morgan fingerprint density at radius 3 is 2.54 bits per heavy atom. The van der Waals surface area contributed by atoms with Crippen LogP contribution < -0.4 is 4.90 Å². The van der Waals surface area contributed by atoms with Crippen LogP contribution in [-0.4, -0.2) is 52.0 Å². The molecule has 1 aromatic heterocycles. The van der Waals surface area contributed by atoms with Crippen LogP contribution in [0.15, 0.2) is 12.1 Å². The van der Waals surface area contributed by atoms with E-state index in [0.29, 0.717) is 11.2 Å². The van der Waals surface area contributed by atoms with Crippen LogP contribution >= 0.6 is 11.6 Å². The Bertz CT molecular complexity index is 583. The molecule has 0 aromatic carbocycles. The van der Waals surface area contributed by atoms with Gasteiger partial charge in [0.05, 0.1) is 6.04 Å². The number of amides is 1. The predicted octanol–water partition coefficient (Wildman–Crippen LogP) is 3.50. The van der Waals surface area contributed by atoms with Gasteiger partial charge in [0.15, 0.2) is 11.0 Å². The lowest BCUT2D eigenvalue weighted by molar-refractivity contribution is -0.00350. The second kappa shape index (κ2) is 6.75. The fraction of sp³-hybridized carbons (Fsp3) is 0.706. The van der Waals surface area contributed by atoms with Crippen molar-refractivity contribution in [2.45, 2.75) is 64.1 Å². The minimum atomic E-state index is -0.473. The molecule has 0 spiro atoms. The van der Waals surface area contributed by atoms with Gasteiger partial charge in [-0.25, -0.2) is 4.79 Å². The van der Waals surface area contributed by atoms with Crippen LogP contribution in [0.5, 0.6) is 0 Å². The Morgan fingerprint density at radius 2 is 2.00 bits per heavy atom. The summed E-state index contributed by atoms with van der Waals surface area (Å²) in [6.45, 7) is 7.34. The Hall–Kier alpha value is -1.56. The Morgan fingerprint density at radius 1 is 1.25 bits per heavy atom. The molecular formula is C17H25ClN4O2. The smallest absolute Gasteiger partial charge is 0.410 e. The van der Waals surface area contributed by atoms with Crippen LogP contribution in [-0.2, 0) is 4.74 Å². The molecule has 132 valence electrons. The van der Waals surface area contributed by atoms with Crippen molar-refractivity contribution >= 4 is 23.5 Å². The van der Waals surface area contributed by atoms with Gasteiger partial charge in [-0.15, -0.1) is 10.2 Å². The number of carbonyl (C=O) groups is 1. The van der Waals surface area contributed by atoms with Crippen LogP contribution in [0, 0.1) is 0 Å². The normalized spacial score (nSPS) is 21.5. The van der Waals surface area contributed by atoms with Crippen molar-refractivity contribution in [3.63, 3.8) is 0 Å². The lowest BCUT2D eigenvalue weighted by Crippen LogP contribution is -2.52. The number of hydrogen-bond donors (Lipinski definition) is 0. The molecule has 1 amide bonds.